The van der Waals surface area contributed by atoms with Gasteiger partial charge in [0.15, 0.2) is 0 Å². The lowest BCUT2D eigenvalue weighted by Crippen LogP contribution is -2.11. The summed E-state index contributed by atoms with van der Waals surface area (Å²) >= 11 is 3.58. The highest BCUT2D eigenvalue weighted by Crippen LogP contribution is 2.36. The van der Waals surface area contributed by atoms with Crippen molar-refractivity contribution < 1.29 is 0 Å². The number of hydrogen-bond acceptors (Lipinski definition) is 1. The molecular weight excluding hydrogens is 250 g/mol. The van der Waals surface area contributed by atoms with Crippen molar-refractivity contribution in [3.8, 4) is 0 Å². The Labute approximate surface area is 101 Å². The van der Waals surface area contributed by atoms with Crippen LogP contribution < -0.4 is 5.73 Å². The van der Waals surface area contributed by atoms with Gasteiger partial charge in [-0.15, -0.1) is 0 Å². The third kappa shape index (κ3) is 3.18. The number of rotatable bonds is 2. The maximum Gasteiger partial charge on any atom is 0.0250 e. The quantitative estimate of drug-likeness (QED) is 0.866. The third-order valence-electron chi connectivity index (χ3n) is 2.29. The first kappa shape index (κ1) is 12.5. The van der Waals surface area contributed by atoms with Crippen LogP contribution in [0.15, 0.2) is 34.8 Å². The molecule has 0 bridgehead atoms. The second kappa shape index (κ2) is 4.95. The van der Waals surface area contributed by atoms with Gasteiger partial charge in [0.25, 0.3) is 0 Å². The predicted molar refractivity (Wildman–Crippen MR) is 70.6 cm³/mol. The summed E-state index contributed by atoms with van der Waals surface area (Å²) in [5.74, 6) is 0. The van der Waals surface area contributed by atoms with Gasteiger partial charge in [0.05, 0.1) is 0 Å². The monoisotopic (exact) mass is 267 g/mol. The Morgan fingerprint density at radius 1 is 1.33 bits per heavy atom. The molecule has 0 heterocycles. The van der Waals surface area contributed by atoms with Crippen LogP contribution in [-0.4, -0.2) is 6.54 Å². The summed E-state index contributed by atoms with van der Waals surface area (Å²) in [5.41, 5.74) is 8.26. The summed E-state index contributed by atoms with van der Waals surface area (Å²) in [6.07, 6.45) is 2.10. The van der Waals surface area contributed by atoms with Gasteiger partial charge >= 0.3 is 0 Å². The Hall–Kier alpha value is -0.600. The fourth-order valence-electron chi connectivity index (χ4n) is 1.62. The maximum absolute atomic E-state index is 5.62. The minimum absolute atomic E-state index is 0.114. The molecule has 0 aliphatic carbocycles. The molecule has 0 amide bonds. The van der Waals surface area contributed by atoms with Gasteiger partial charge in [0.2, 0.25) is 0 Å². The van der Waals surface area contributed by atoms with Crippen molar-refractivity contribution in [2.75, 3.05) is 6.54 Å². The van der Waals surface area contributed by atoms with Crippen LogP contribution in [0, 0.1) is 5.41 Å². The van der Waals surface area contributed by atoms with Gasteiger partial charge in [-0.05, 0) is 22.6 Å². The lowest BCUT2D eigenvalue weighted by atomic mass is 9.82. The van der Waals surface area contributed by atoms with E-state index in [2.05, 4.69) is 61.0 Å². The van der Waals surface area contributed by atoms with Crippen LogP contribution in [0.4, 0.5) is 0 Å². The summed E-state index contributed by atoms with van der Waals surface area (Å²) in [5, 5.41) is 0. The van der Waals surface area contributed by atoms with E-state index in [-0.39, 0.29) is 5.41 Å². The largest absolute Gasteiger partial charge is 0.327 e. The van der Waals surface area contributed by atoms with Crippen molar-refractivity contribution in [1.82, 2.24) is 0 Å². The second-order valence-corrected chi connectivity index (χ2v) is 5.44. The zero-order valence-corrected chi connectivity index (χ0v) is 11.1. The SMILES string of the molecule is CC(C)(C)/C(=C/CN)c1ccccc1Br. The van der Waals surface area contributed by atoms with E-state index in [4.69, 9.17) is 5.73 Å². The first-order valence-electron chi connectivity index (χ1n) is 5.12. The summed E-state index contributed by atoms with van der Waals surface area (Å²) in [6, 6.07) is 8.26. The summed E-state index contributed by atoms with van der Waals surface area (Å²) in [4.78, 5) is 0. The van der Waals surface area contributed by atoms with E-state index in [0.29, 0.717) is 6.54 Å². The molecule has 0 saturated carbocycles. The molecule has 1 aromatic carbocycles. The lowest BCUT2D eigenvalue weighted by Gasteiger charge is -2.24. The zero-order chi connectivity index (χ0) is 11.5. The van der Waals surface area contributed by atoms with E-state index in [1.807, 2.05) is 6.07 Å². The van der Waals surface area contributed by atoms with Gasteiger partial charge in [-0.25, -0.2) is 0 Å². The number of halogens is 1. The first-order chi connectivity index (χ1) is 6.96. The molecule has 0 saturated heterocycles. The molecule has 0 atom stereocenters. The molecule has 0 aromatic heterocycles. The van der Waals surface area contributed by atoms with Crippen molar-refractivity contribution in [2.45, 2.75) is 20.8 Å². The van der Waals surface area contributed by atoms with Crippen molar-refractivity contribution >= 4 is 21.5 Å². The van der Waals surface area contributed by atoms with Crippen LogP contribution in [0.5, 0.6) is 0 Å². The minimum Gasteiger partial charge on any atom is -0.327 e. The molecule has 82 valence electrons. The molecule has 15 heavy (non-hydrogen) atoms. The molecular formula is C13H18BrN. The van der Waals surface area contributed by atoms with E-state index in [9.17, 15) is 0 Å². The molecule has 2 heteroatoms. The molecule has 0 unspecified atom stereocenters. The van der Waals surface area contributed by atoms with E-state index in [1.54, 1.807) is 0 Å². The van der Waals surface area contributed by atoms with Gasteiger partial charge in [0.1, 0.15) is 0 Å². The molecule has 1 aromatic rings. The summed E-state index contributed by atoms with van der Waals surface area (Å²) in [7, 11) is 0. The topological polar surface area (TPSA) is 26.0 Å². The Kier molecular flexibility index (Phi) is 4.12. The normalized spacial score (nSPS) is 13.0. The fraction of sp³-hybridized carbons (Fsp3) is 0.385. The van der Waals surface area contributed by atoms with Crippen molar-refractivity contribution in [3.05, 3.63) is 40.4 Å². The highest BCUT2D eigenvalue weighted by Gasteiger charge is 2.19. The van der Waals surface area contributed by atoms with Gasteiger partial charge in [-0.2, -0.15) is 0 Å². The maximum atomic E-state index is 5.62. The van der Waals surface area contributed by atoms with E-state index in [1.165, 1.54) is 11.1 Å². The number of benzene rings is 1. The van der Waals surface area contributed by atoms with Crippen LogP contribution in [0.25, 0.3) is 5.57 Å². The summed E-state index contributed by atoms with van der Waals surface area (Å²) in [6.45, 7) is 7.18. The van der Waals surface area contributed by atoms with Gasteiger partial charge in [-0.1, -0.05) is 61.0 Å². The van der Waals surface area contributed by atoms with Crippen molar-refractivity contribution in [1.29, 1.82) is 0 Å². The molecule has 0 spiro atoms. The number of nitrogens with two attached hydrogens (primary N) is 1. The Bertz CT molecular complexity index is 361. The Morgan fingerprint density at radius 3 is 2.40 bits per heavy atom. The van der Waals surface area contributed by atoms with E-state index < -0.39 is 0 Å². The van der Waals surface area contributed by atoms with Crippen molar-refractivity contribution in [2.24, 2.45) is 11.1 Å². The fourth-order valence-corrected chi connectivity index (χ4v) is 2.12. The molecule has 0 fully saturated rings. The smallest absolute Gasteiger partial charge is 0.0250 e. The van der Waals surface area contributed by atoms with Crippen LogP contribution in [-0.2, 0) is 0 Å². The molecule has 2 N–H and O–H groups in total. The minimum atomic E-state index is 0.114. The second-order valence-electron chi connectivity index (χ2n) is 4.58. The first-order valence-corrected chi connectivity index (χ1v) is 5.91. The standard InChI is InChI=1S/C13H18BrN/c1-13(2,3)11(8-9-15)10-6-4-5-7-12(10)14/h4-8H,9,15H2,1-3H3/b11-8+. The Morgan fingerprint density at radius 2 is 1.93 bits per heavy atom. The predicted octanol–water partition coefficient (Wildman–Crippen LogP) is 3.84. The van der Waals surface area contributed by atoms with Gasteiger partial charge in [0, 0.05) is 11.0 Å². The van der Waals surface area contributed by atoms with E-state index in [0.717, 1.165) is 4.47 Å². The molecule has 1 rings (SSSR count). The van der Waals surface area contributed by atoms with Crippen LogP contribution in [0.2, 0.25) is 0 Å². The molecule has 0 aliphatic rings. The average molecular weight is 268 g/mol. The third-order valence-corrected chi connectivity index (χ3v) is 2.99. The zero-order valence-electron chi connectivity index (χ0n) is 9.55. The van der Waals surface area contributed by atoms with Crippen LogP contribution in [0.1, 0.15) is 26.3 Å². The number of hydrogen-bond donors (Lipinski definition) is 1. The average Bonchev–Trinajstić information content (AvgIpc) is 2.14. The lowest BCUT2D eigenvalue weighted by molar-refractivity contribution is 0.565. The van der Waals surface area contributed by atoms with E-state index >= 15 is 0 Å². The molecule has 1 nitrogen and oxygen atoms in total. The molecule has 0 aliphatic heterocycles. The Balaban J connectivity index is 3.24. The van der Waals surface area contributed by atoms with Crippen LogP contribution >= 0.6 is 15.9 Å². The number of allylic oxidation sites excluding steroid dienone is 1. The van der Waals surface area contributed by atoms with Gasteiger partial charge < -0.3 is 5.73 Å². The van der Waals surface area contributed by atoms with Crippen molar-refractivity contribution in [3.63, 3.8) is 0 Å². The molecule has 0 radical (unpaired) electrons. The van der Waals surface area contributed by atoms with Crippen LogP contribution in [0.3, 0.4) is 0 Å². The highest BCUT2D eigenvalue weighted by atomic mass is 79.9. The highest BCUT2D eigenvalue weighted by molar-refractivity contribution is 9.10. The van der Waals surface area contributed by atoms with Gasteiger partial charge in [-0.3, -0.25) is 0 Å². The summed E-state index contributed by atoms with van der Waals surface area (Å²) < 4.78 is 1.12.